The van der Waals surface area contributed by atoms with Gasteiger partial charge >= 0.3 is 0 Å². The maximum absolute atomic E-state index is 8.63. The van der Waals surface area contributed by atoms with Crippen LogP contribution in [0, 0.1) is 0 Å². The predicted molar refractivity (Wildman–Crippen MR) is 28.1 cm³/mol. The van der Waals surface area contributed by atoms with Gasteiger partial charge in [-0.25, -0.2) is 0 Å². The van der Waals surface area contributed by atoms with Crippen LogP contribution in [0.3, 0.4) is 0 Å². The average molecular weight is 142 g/mol. The molecule has 0 saturated carbocycles. The molecule has 40 valence electrons. The van der Waals surface area contributed by atoms with Gasteiger partial charge in [-0.1, -0.05) is 18.2 Å². The normalized spacial score (nSPS) is 7.50. The Morgan fingerprint density at radius 3 is 1.75 bits per heavy atom. The summed E-state index contributed by atoms with van der Waals surface area (Å²) >= 11 is 0. The van der Waals surface area contributed by atoms with Crippen LogP contribution >= 0.6 is 0 Å². The van der Waals surface area contributed by atoms with Crippen molar-refractivity contribution < 1.29 is 26.8 Å². The van der Waals surface area contributed by atoms with Gasteiger partial charge in [0.1, 0.15) is 5.75 Å². The first kappa shape index (κ1) is 7.73. The summed E-state index contributed by atoms with van der Waals surface area (Å²) in [5, 5.41) is 8.63. The first-order valence-corrected chi connectivity index (χ1v) is 2.13. The molecule has 0 atom stereocenters. The third-order valence-corrected chi connectivity index (χ3v) is 0.756. The van der Waals surface area contributed by atoms with E-state index >= 15 is 0 Å². The van der Waals surface area contributed by atoms with Crippen molar-refractivity contribution in [2.45, 2.75) is 0 Å². The number of para-hydroxylation sites is 1. The average Bonchev–Trinajstić information content (AvgIpc) is 1.69. The first-order valence-electron chi connectivity index (χ1n) is 2.13. The molecule has 1 rings (SSSR count). The third-order valence-electron chi connectivity index (χ3n) is 0.756. The number of phenols is 1. The molecule has 1 aromatic carbocycles. The zero-order chi connectivity index (χ0) is 5.11. The van der Waals surface area contributed by atoms with E-state index in [1.165, 1.54) is 0 Å². The van der Waals surface area contributed by atoms with Crippen LogP contribution in [0.5, 0.6) is 5.75 Å². The van der Waals surface area contributed by atoms with Crippen LogP contribution in [-0.4, -0.2) is 5.11 Å². The number of benzene rings is 1. The maximum atomic E-state index is 8.63. The van der Waals surface area contributed by atoms with Crippen LogP contribution in [0.1, 0.15) is 0 Å². The second kappa shape index (κ2) is 3.70. The Hall–Kier alpha value is -0.266. The molecule has 0 aliphatic rings. The monoisotopic (exact) mass is 142 g/mol. The molecule has 0 heterocycles. The van der Waals surface area contributed by atoms with Crippen molar-refractivity contribution in [3.05, 3.63) is 30.3 Å². The van der Waals surface area contributed by atoms with Crippen LogP contribution in [-0.2, 0) is 21.7 Å². The molecule has 0 aliphatic carbocycles. The SMILES string of the molecule is Oc1ccccc1.[Ti]. The quantitative estimate of drug-likeness (QED) is 0.542. The Balaban J connectivity index is 0.000000490. The van der Waals surface area contributed by atoms with Crippen molar-refractivity contribution in [3.8, 4) is 5.75 Å². The van der Waals surface area contributed by atoms with E-state index in [2.05, 4.69) is 0 Å². The number of aromatic hydroxyl groups is 1. The van der Waals surface area contributed by atoms with Crippen molar-refractivity contribution in [2.75, 3.05) is 0 Å². The second-order valence-electron chi connectivity index (χ2n) is 1.34. The molecule has 0 aromatic heterocycles. The van der Waals surface area contributed by atoms with Crippen LogP contribution < -0.4 is 0 Å². The Labute approximate surface area is 63.2 Å². The predicted octanol–water partition coefficient (Wildman–Crippen LogP) is 1.39. The van der Waals surface area contributed by atoms with Gasteiger partial charge in [-0.3, -0.25) is 0 Å². The van der Waals surface area contributed by atoms with E-state index in [1.54, 1.807) is 24.3 Å². The first-order chi connectivity index (χ1) is 3.39. The maximum Gasteiger partial charge on any atom is 0.115 e. The minimum atomic E-state index is 0. The minimum absolute atomic E-state index is 0. The van der Waals surface area contributed by atoms with Gasteiger partial charge in [0.05, 0.1) is 0 Å². The standard InChI is InChI=1S/C6H6O.Ti/c7-6-4-2-1-3-5-6;/h1-5,7H;. The number of hydrogen-bond acceptors (Lipinski definition) is 1. The van der Waals surface area contributed by atoms with Gasteiger partial charge < -0.3 is 5.11 Å². The van der Waals surface area contributed by atoms with E-state index in [0.717, 1.165) is 0 Å². The molecule has 0 aliphatic heterocycles. The van der Waals surface area contributed by atoms with Crippen LogP contribution in [0.4, 0.5) is 0 Å². The fourth-order valence-electron chi connectivity index (χ4n) is 0.428. The smallest absolute Gasteiger partial charge is 0.115 e. The number of hydrogen-bond donors (Lipinski definition) is 1. The zero-order valence-electron chi connectivity index (χ0n) is 4.33. The third kappa shape index (κ3) is 2.15. The Morgan fingerprint density at radius 2 is 1.50 bits per heavy atom. The number of rotatable bonds is 0. The Morgan fingerprint density at radius 1 is 1.00 bits per heavy atom. The van der Waals surface area contributed by atoms with Crippen LogP contribution in [0.25, 0.3) is 0 Å². The molecule has 2 heteroatoms. The van der Waals surface area contributed by atoms with Gasteiger partial charge in [0.15, 0.2) is 0 Å². The van der Waals surface area contributed by atoms with Crippen molar-refractivity contribution in [1.82, 2.24) is 0 Å². The van der Waals surface area contributed by atoms with Crippen molar-refractivity contribution >= 4 is 0 Å². The minimum Gasteiger partial charge on any atom is -0.508 e. The van der Waals surface area contributed by atoms with Gasteiger partial charge in [-0.15, -0.1) is 0 Å². The van der Waals surface area contributed by atoms with E-state index in [9.17, 15) is 0 Å². The molecule has 8 heavy (non-hydrogen) atoms. The molecule has 1 N–H and O–H groups in total. The summed E-state index contributed by atoms with van der Waals surface area (Å²) in [5.41, 5.74) is 0. The van der Waals surface area contributed by atoms with Crippen molar-refractivity contribution in [3.63, 3.8) is 0 Å². The molecule has 0 unspecified atom stereocenters. The van der Waals surface area contributed by atoms with Crippen LogP contribution in [0.15, 0.2) is 30.3 Å². The summed E-state index contributed by atoms with van der Waals surface area (Å²) < 4.78 is 0. The van der Waals surface area contributed by atoms with Gasteiger partial charge in [0.25, 0.3) is 0 Å². The molecule has 0 bridgehead atoms. The van der Waals surface area contributed by atoms with E-state index < -0.39 is 0 Å². The Bertz CT molecular complexity index is 138. The van der Waals surface area contributed by atoms with E-state index in [1.807, 2.05) is 6.07 Å². The summed E-state index contributed by atoms with van der Waals surface area (Å²) in [4.78, 5) is 0. The molecule has 0 fully saturated rings. The van der Waals surface area contributed by atoms with Gasteiger partial charge in [0.2, 0.25) is 0 Å². The summed E-state index contributed by atoms with van der Waals surface area (Å²) in [7, 11) is 0. The molecular formula is C6H6OTi. The summed E-state index contributed by atoms with van der Waals surface area (Å²) in [5.74, 6) is 0.322. The molecule has 1 aromatic rings. The molecule has 0 spiro atoms. The zero-order valence-corrected chi connectivity index (χ0v) is 5.90. The second-order valence-corrected chi connectivity index (χ2v) is 1.34. The van der Waals surface area contributed by atoms with E-state index in [-0.39, 0.29) is 21.7 Å². The Kier molecular flexibility index (Phi) is 3.58. The fourth-order valence-corrected chi connectivity index (χ4v) is 0.428. The number of phenolic OH excluding ortho intramolecular Hbond substituents is 1. The van der Waals surface area contributed by atoms with Crippen molar-refractivity contribution in [2.24, 2.45) is 0 Å². The van der Waals surface area contributed by atoms with Crippen LogP contribution in [0.2, 0.25) is 0 Å². The fraction of sp³-hybridized carbons (Fsp3) is 0. The largest absolute Gasteiger partial charge is 0.508 e. The van der Waals surface area contributed by atoms with E-state index in [4.69, 9.17) is 5.11 Å². The molecular weight excluding hydrogens is 136 g/mol. The van der Waals surface area contributed by atoms with E-state index in [0.29, 0.717) is 5.75 Å². The molecule has 0 amide bonds. The topological polar surface area (TPSA) is 20.2 Å². The molecule has 0 saturated heterocycles. The summed E-state index contributed by atoms with van der Waals surface area (Å²) in [6.45, 7) is 0. The van der Waals surface area contributed by atoms with Gasteiger partial charge in [-0.2, -0.15) is 0 Å². The van der Waals surface area contributed by atoms with Gasteiger partial charge in [-0.05, 0) is 12.1 Å². The van der Waals surface area contributed by atoms with Crippen molar-refractivity contribution in [1.29, 1.82) is 0 Å². The van der Waals surface area contributed by atoms with Gasteiger partial charge in [0, 0.05) is 21.7 Å². The molecule has 0 radical (unpaired) electrons. The summed E-state index contributed by atoms with van der Waals surface area (Å²) in [6, 6.07) is 8.71. The summed E-state index contributed by atoms with van der Waals surface area (Å²) in [6.07, 6.45) is 0. The molecule has 1 nitrogen and oxygen atoms in total.